The molecular formula is C15H22O2S. The van der Waals surface area contributed by atoms with Gasteiger partial charge in [0.15, 0.2) is 0 Å². The van der Waals surface area contributed by atoms with Gasteiger partial charge in [0.25, 0.3) is 0 Å². The van der Waals surface area contributed by atoms with E-state index in [0.29, 0.717) is 5.56 Å². The van der Waals surface area contributed by atoms with Crippen molar-refractivity contribution in [1.29, 1.82) is 0 Å². The van der Waals surface area contributed by atoms with Crippen LogP contribution in [-0.2, 0) is 0 Å². The van der Waals surface area contributed by atoms with Crippen LogP contribution in [0.1, 0.15) is 55.8 Å². The van der Waals surface area contributed by atoms with E-state index in [9.17, 15) is 4.79 Å². The average Bonchev–Trinajstić information content (AvgIpc) is 2.38. The van der Waals surface area contributed by atoms with E-state index in [4.69, 9.17) is 4.74 Å². The fraction of sp³-hybridized carbons (Fsp3) is 0.533. The molecule has 0 unspecified atom stereocenters. The first-order valence-electron chi connectivity index (χ1n) is 6.70. The van der Waals surface area contributed by atoms with Gasteiger partial charge in [0.05, 0.1) is 6.61 Å². The molecule has 1 aromatic carbocycles. The highest BCUT2D eigenvalue weighted by Crippen LogP contribution is 2.14. The van der Waals surface area contributed by atoms with Gasteiger partial charge >= 0.3 is 0 Å². The molecule has 0 aliphatic heterocycles. The van der Waals surface area contributed by atoms with Crippen LogP contribution in [0.15, 0.2) is 24.3 Å². The van der Waals surface area contributed by atoms with Crippen LogP contribution in [0.25, 0.3) is 0 Å². The smallest absolute Gasteiger partial charge is 0.216 e. The van der Waals surface area contributed by atoms with E-state index in [1.807, 2.05) is 12.1 Å². The van der Waals surface area contributed by atoms with Crippen LogP contribution in [-0.4, -0.2) is 11.7 Å². The van der Waals surface area contributed by atoms with Crippen molar-refractivity contribution in [3.8, 4) is 5.75 Å². The molecule has 2 nitrogen and oxygen atoms in total. The van der Waals surface area contributed by atoms with Gasteiger partial charge < -0.3 is 4.74 Å². The Balaban J connectivity index is 2.14. The van der Waals surface area contributed by atoms with Crippen molar-refractivity contribution in [2.45, 2.75) is 45.4 Å². The first kappa shape index (κ1) is 15.1. The van der Waals surface area contributed by atoms with Crippen molar-refractivity contribution in [1.82, 2.24) is 0 Å². The van der Waals surface area contributed by atoms with Crippen LogP contribution < -0.4 is 4.74 Å². The largest absolute Gasteiger partial charge is 0.494 e. The number of unbranched alkanes of at least 4 members (excludes halogenated alkanes) is 5. The van der Waals surface area contributed by atoms with Crippen LogP contribution in [0.3, 0.4) is 0 Å². The second-order valence-corrected chi connectivity index (χ2v) is 4.85. The van der Waals surface area contributed by atoms with Gasteiger partial charge in [-0.1, -0.05) is 39.0 Å². The first-order chi connectivity index (χ1) is 8.74. The first-order valence-corrected chi connectivity index (χ1v) is 7.15. The molecule has 0 aliphatic carbocycles. The number of hydrogen-bond donors (Lipinski definition) is 1. The molecule has 0 amide bonds. The summed E-state index contributed by atoms with van der Waals surface area (Å²) in [5.74, 6) is 0.821. The molecular weight excluding hydrogens is 244 g/mol. The van der Waals surface area contributed by atoms with Crippen molar-refractivity contribution in [2.75, 3.05) is 6.61 Å². The molecule has 0 atom stereocenters. The molecule has 1 rings (SSSR count). The van der Waals surface area contributed by atoms with Gasteiger partial charge in [-0.25, -0.2) is 0 Å². The fourth-order valence-electron chi connectivity index (χ4n) is 1.77. The van der Waals surface area contributed by atoms with Gasteiger partial charge in [0.1, 0.15) is 5.75 Å². The molecule has 0 bridgehead atoms. The topological polar surface area (TPSA) is 26.3 Å². The molecule has 0 N–H and O–H groups in total. The highest BCUT2D eigenvalue weighted by Gasteiger charge is 2.00. The summed E-state index contributed by atoms with van der Waals surface area (Å²) in [6.07, 6.45) is 7.57. The minimum Gasteiger partial charge on any atom is -0.494 e. The van der Waals surface area contributed by atoms with E-state index in [0.717, 1.165) is 18.8 Å². The number of thiol groups is 1. The number of carbonyl (C=O) groups excluding carboxylic acids is 1. The lowest BCUT2D eigenvalue weighted by atomic mass is 10.1. The van der Waals surface area contributed by atoms with Gasteiger partial charge in [-0.3, -0.25) is 4.79 Å². The van der Waals surface area contributed by atoms with Gasteiger partial charge in [0.2, 0.25) is 5.12 Å². The standard InChI is InChI=1S/C15H22O2S/c1-2-3-4-5-6-7-12-17-14-10-8-13(9-11-14)15(16)18/h8-11H,2-7,12H2,1H3,(H,16,18). The Bertz CT molecular complexity index is 346. The SMILES string of the molecule is CCCCCCCCOc1ccc(C(=O)S)cc1. The van der Waals surface area contributed by atoms with Crippen LogP contribution in [0.5, 0.6) is 5.75 Å². The van der Waals surface area contributed by atoms with Crippen molar-refractivity contribution >= 4 is 17.7 Å². The van der Waals surface area contributed by atoms with Crippen LogP contribution >= 0.6 is 12.6 Å². The Kier molecular flexibility index (Phi) is 7.58. The summed E-state index contributed by atoms with van der Waals surface area (Å²) < 4.78 is 5.61. The minimum absolute atomic E-state index is 0.211. The summed E-state index contributed by atoms with van der Waals surface area (Å²) in [6.45, 7) is 2.97. The number of rotatable bonds is 9. The number of benzene rings is 1. The Morgan fingerprint density at radius 3 is 2.28 bits per heavy atom. The third kappa shape index (κ3) is 6.10. The molecule has 0 saturated heterocycles. The third-order valence-electron chi connectivity index (χ3n) is 2.87. The van der Waals surface area contributed by atoms with Crippen molar-refractivity contribution in [3.05, 3.63) is 29.8 Å². The molecule has 0 heterocycles. The van der Waals surface area contributed by atoms with Crippen LogP contribution in [0.2, 0.25) is 0 Å². The van der Waals surface area contributed by atoms with Gasteiger partial charge in [-0.05, 0) is 30.7 Å². The maximum Gasteiger partial charge on any atom is 0.216 e. The van der Waals surface area contributed by atoms with E-state index in [1.54, 1.807) is 12.1 Å². The van der Waals surface area contributed by atoms with Gasteiger partial charge in [-0.15, -0.1) is 12.6 Å². The molecule has 0 aliphatic rings. The molecule has 0 fully saturated rings. The lowest BCUT2D eigenvalue weighted by Gasteiger charge is -2.06. The highest BCUT2D eigenvalue weighted by molar-refractivity contribution is 7.97. The summed E-state index contributed by atoms with van der Waals surface area (Å²) in [4.78, 5) is 11.0. The second-order valence-electron chi connectivity index (χ2n) is 4.45. The Hall–Kier alpha value is -0.960. The quantitative estimate of drug-likeness (QED) is 0.526. The van der Waals surface area contributed by atoms with E-state index in [-0.39, 0.29) is 5.12 Å². The molecule has 3 heteroatoms. The van der Waals surface area contributed by atoms with Crippen molar-refractivity contribution in [2.24, 2.45) is 0 Å². The van der Waals surface area contributed by atoms with E-state index in [2.05, 4.69) is 19.6 Å². The van der Waals surface area contributed by atoms with Crippen molar-refractivity contribution in [3.63, 3.8) is 0 Å². The highest BCUT2D eigenvalue weighted by atomic mass is 32.1. The Labute approximate surface area is 115 Å². The summed E-state index contributed by atoms with van der Waals surface area (Å²) in [5, 5.41) is -0.211. The Morgan fingerprint density at radius 2 is 1.67 bits per heavy atom. The lowest BCUT2D eigenvalue weighted by molar-refractivity contribution is 0.109. The summed E-state index contributed by atoms with van der Waals surface area (Å²) in [5.41, 5.74) is 0.602. The molecule has 100 valence electrons. The summed E-state index contributed by atoms with van der Waals surface area (Å²) >= 11 is 3.77. The Morgan fingerprint density at radius 1 is 1.06 bits per heavy atom. The predicted octanol–water partition coefficient (Wildman–Crippen LogP) is 4.50. The normalized spacial score (nSPS) is 10.3. The number of hydrogen-bond acceptors (Lipinski definition) is 2. The molecule has 0 saturated carbocycles. The van der Waals surface area contributed by atoms with Gasteiger partial charge in [-0.2, -0.15) is 0 Å². The summed E-state index contributed by atoms with van der Waals surface area (Å²) in [7, 11) is 0. The average molecular weight is 266 g/mol. The van der Waals surface area contributed by atoms with Crippen LogP contribution in [0, 0.1) is 0 Å². The third-order valence-corrected chi connectivity index (χ3v) is 3.13. The van der Waals surface area contributed by atoms with E-state index < -0.39 is 0 Å². The second kappa shape index (κ2) is 9.03. The van der Waals surface area contributed by atoms with Gasteiger partial charge in [0, 0.05) is 5.56 Å². The van der Waals surface area contributed by atoms with E-state index in [1.165, 1.54) is 32.1 Å². The zero-order valence-electron chi connectivity index (χ0n) is 11.0. The molecule has 0 spiro atoms. The maximum atomic E-state index is 11.0. The fourth-order valence-corrected chi connectivity index (χ4v) is 1.92. The molecule has 18 heavy (non-hydrogen) atoms. The lowest BCUT2D eigenvalue weighted by Crippen LogP contribution is -1.98. The van der Waals surface area contributed by atoms with Crippen LogP contribution in [0.4, 0.5) is 0 Å². The minimum atomic E-state index is -0.211. The molecule has 0 radical (unpaired) electrons. The number of carbonyl (C=O) groups is 1. The molecule has 1 aromatic rings. The monoisotopic (exact) mass is 266 g/mol. The summed E-state index contributed by atoms with van der Waals surface area (Å²) in [6, 6.07) is 7.12. The van der Waals surface area contributed by atoms with Crippen molar-refractivity contribution < 1.29 is 9.53 Å². The number of ether oxygens (including phenoxy) is 1. The zero-order chi connectivity index (χ0) is 13.2. The molecule has 0 aromatic heterocycles. The predicted molar refractivity (Wildman–Crippen MR) is 78.6 cm³/mol. The van der Waals surface area contributed by atoms with E-state index >= 15 is 0 Å². The maximum absolute atomic E-state index is 11.0. The zero-order valence-corrected chi connectivity index (χ0v) is 11.9.